The minimum absolute atomic E-state index is 0.0124. The molecular weight excluding hydrogens is 454 g/mol. The molecule has 6 nitrogen and oxygen atoms in total. The van der Waals surface area contributed by atoms with Crippen LogP contribution >= 0.6 is 23.1 Å². The fourth-order valence-corrected chi connectivity index (χ4v) is 6.99. The number of hydrogen-bond acceptors (Lipinski definition) is 6. The van der Waals surface area contributed by atoms with Crippen molar-refractivity contribution in [3.63, 3.8) is 0 Å². The number of fused-ring (bicyclic) bond motifs is 3. The Morgan fingerprint density at radius 1 is 1.18 bits per heavy atom. The number of ether oxygens (including phenoxy) is 1. The molecular formula is C25H29N3O3S2. The lowest BCUT2D eigenvalue weighted by Gasteiger charge is -2.29. The molecule has 3 aromatic rings. The average molecular weight is 484 g/mol. The van der Waals surface area contributed by atoms with Crippen molar-refractivity contribution in [1.82, 2.24) is 14.5 Å². The summed E-state index contributed by atoms with van der Waals surface area (Å²) in [6.45, 7) is 8.32. The highest BCUT2D eigenvalue weighted by Crippen LogP contribution is 2.36. The highest BCUT2D eigenvalue weighted by Gasteiger charge is 2.28. The smallest absolute Gasteiger partial charge is 0.267 e. The Bertz CT molecular complexity index is 1270. The fourth-order valence-electron chi connectivity index (χ4n) is 4.69. The second-order valence-electron chi connectivity index (χ2n) is 8.91. The van der Waals surface area contributed by atoms with Gasteiger partial charge in [-0.05, 0) is 69.2 Å². The van der Waals surface area contributed by atoms with Crippen LogP contribution < -0.4 is 5.56 Å². The summed E-state index contributed by atoms with van der Waals surface area (Å²) in [5.41, 5.74) is 4.12. The number of carbonyl (C=O) groups excluding carboxylic acids is 1. The van der Waals surface area contributed by atoms with Crippen molar-refractivity contribution in [2.24, 2.45) is 0 Å². The Morgan fingerprint density at radius 3 is 2.73 bits per heavy atom. The molecule has 1 aromatic carbocycles. The first-order valence-electron chi connectivity index (χ1n) is 11.6. The molecule has 1 unspecified atom stereocenters. The summed E-state index contributed by atoms with van der Waals surface area (Å²) in [5.74, 6) is 0.0654. The minimum atomic E-state index is -0.349. The third kappa shape index (κ3) is 4.24. The van der Waals surface area contributed by atoms with Gasteiger partial charge in [0.25, 0.3) is 5.56 Å². The van der Waals surface area contributed by atoms with Crippen LogP contribution in [-0.2, 0) is 22.4 Å². The van der Waals surface area contributed by atoms with Crippen LogP contribution in [0.3, 0.4) is 0 Å². The maximum Gasteiger partial charge on any atom is 0.267 e. The molecule has 0 saturated carbocycles. The molecule has 1 aliphatic carbocycles. The van der Waals surface area contributed by atoms with Crippen molar-refractivity contribution in [2.45, 2.75) is 56.9 Å². The Morgan fingerprint density at radius 2 is 1.94 bits per heavy atom. The van der Waals surface area contributed by atoms with Gasteiger partial charge < -0.3 is 9.64 Å². The van der Waals surface area contributed by atoms with Crippen LogP contribution in [0.5, 0.6) is 0 Å². The number of carbonyl (C=O) groups is 1. The Kier molecular flexibility index (Phi) is 6.33. The Labute approximate surface area is 202 Å². The van der Waals surface area contributed by atoms with E-state index in [9.17, 15) is 9.59 Å². The molecule has 2 aliphatic rings. The van der Waals surface area contributed by atoms with E-state index in [1.54, 1.807) is 15.9 Å². The first-order valence-corrected chi connectivity index (χ1v) is 13.3. The maximum atomic E-state index is 14.0. The van der Waals surface area contributed by atoms with Crippen LogP contribution in [0.25, 0.3) is 15.9 Å². The molecule has 5 rings (SSSR count). The summed E-state index contributed by atoms with van der Waals surface area (Å²) in [4.78, 5) is 36.1. The molecule has 1 fully saturated rings. The van der Waals surface area contributed by atoms with Crippen LogP contribution in [0.15, 0.2) is 28.2 Å². The molecule has 1 aliphatic heterocycles. The van der Waals surface area contributed by atoms with E-state index in [1.807, 2.05) is 37.8 Å². The number of nitrogens with zero attached hydrogens (tertiary/aromatic N) is 3. The van der Waals surface area contributed by atoms with Crippen molar-refractivity contribution in [3.8, 4) is 5.69 Å². The summed E-state index contributed by atoms with van der Waals surface area (Å²) in [6, 6.07) is 6.14. The minimum Gasteiger partial charge on any atom is -0.378 e. The van der Waals surface area contributed by atoms with Gasteiger partial charge in [0.2, 0.25) is 5.91 Å². The van der Waals surface area contributed by atoms with E-state index in [2.05, 4.69) is 6.07 Å². The monoisotopic (exact) mass is 483 g/mol. The zero-order valence-corrected chi connectivity index (χ0v) is 21.0. The average Bonchev–Trinajstić information content (AvgIpc) is 3.19. The Balaban J connectivity index is 1.64. The number of aryl methyl sites for hydroxylation is 4. The molecule has 1 atom stereocenters. The van der Waals surface area contributed by atoms with E-state index in [0.717, 1.165) is 52.7 Å². The Hall–Kier alpha value is -2.16. The number of benzene rings is 1. The molecule has 3 heterocycles. The SMILES string of the molecule is Cc1ccc(C)c(-n2c(SC(C)C(=O)N3CCOCC3)nc3sc4c(c3c2=O)CCCC4)c1. The van der Waals surface area contributed by atoms with Gasteiger partial charge in [0.05, 0.1) is 29.5 Å². The molecule has 0 N–H and O–H groups in total. The topological polar surface area (TPSA) is 64.4 Å². The molecule has 1 saturated heterocycles. The van der Waals surface area contributed by atoms with Gasteiger partial charge in [-0.3, -0.25) is 14.2 Å². The zero-order chi connectivity index (χ0) is 23.1. The van der Waals surface area contributed by atoms with Gasteiger partial charge in [-0.15, -0.1) is 11.3 Å². The summed E-state index contributed by atoms with van der Waals surface area (Å²) >= 11 is 3.04. The van der Waals surface area contributed by atoms with Crippen LogP contribution in [0.4, 0.5) is 0 Å². The lowest BCUT2D eigenvalue weighted by Crippen LogP contribution is -2.44. The molecule has 0 spiro atoms. The largest absolute Gasteiger partial charge is 0.378 e. The van der Waals surface area contributed by atoms with E-state index >= 15 is 0 Å². The second-order valence-corrected chi connectivity index (χ2v) is 11.3. The van der Waals surface area contributed by atoms with Gasteiger partial charge in [-0.1, -0.05) is 23.9 Å². The first-order chi connectivity index (χ1) is 15.9. The zero-order valence-electron chi connectivity index (χ0n) is 19.3. The lowest BCUT2D eigenvalue weighted by molar-refractivity contribution is -0.134. The lowest BCUT2D eigenvalue weighted by atomic mass is 9.97. The molecule has 0 bridgehead atoms. The third-order valence-electron chi connectivity index (χ3n) is 6.52. The van der Waals surface area contributed by atoms with Crippen LogP contribution in [0.2, 0.25) is 0 Å². The molecule has 33 heavy (non-hydrogen) atoms. The summed E-state index contributed by atoms with van der Waals surface area (Å²) < 4.78 is 7.15. The molecule has 2 aromatic heterocycles. The fraction of sp³-hybridized carbons (Fsp3) is 0.480. The number of thioether (sulfide) groups is 1. The highest BCUT2D eigenvalue weighted by molar-refractivity contribution is 8.00. The predicted molar refractivity (Wildman–Crippen MR) is 134 cm³/mol. The van der Waals surface area contributed by atoms with Gasteiger partial charge >= 0.3 is 0 Å². The first kappa shape index (κ1) is 22.6. The van der Waals surface area contributed by atoms with Crippen LogP contribution in [-0.4, -0.2) is 51.9 Å². The predicted octanol–water partition coefficient (Wildman–Crippen LogP) is 4.28. The van der Waals surface area contributed by atoms with Crippen LogP contribution in [0, 0.1) is 13.8 Å². The normalized spacial score (nSPS) is 17.2. The number of hydrogen-bond donors (Lipinski definition) is 0. The third-order valence-corrected chi connectivity index (χ3v) is 8.74. The molecule has 174 valence electrons. The highest BCUT2D eigenvalue weighted by atomic mass is 32.2. The van der Waals surface area contributed by atoms with Gasteiger partial charge in [0, 0.05) is 18.0 Å². The number of aromatic nitrogens is 2. The van der Waals surface area contributed by atoms with Crippen molar-refractivity contribution in [1.29, 1.82) is 0 Å². The van der Waals surface area contributed by atoms with E-state index in [4.69, 9.17) is 9.72 Å². The van der Waals surface area contributed by atoms with Crippen molar-refractivity contribution in [2.75, 3.05) is 26.3 Å². The van der Waals surface area contributed by atoms with E-state index in [0.29, 0.717) is 31.5 Å². The quantitative estimate of drug-likeness (QED) is 0.409. The van der Waals surface area contributed by atoms with E-state index in [1.165, 1.54) is 22.2 Å². The summed E-state index contributed by atoms with van der Waals surface area (Å²) in [6.07, 6.45) is 4.24. The standard InChI is InChI=1S/C25H29N3O3S2/c1-15-8-9-16(2)19(14-15)28-24(30)21-18-6-4-5-7-20(18)33-22(21)26-25(28)32-17(3)23(29)27-10-12-31-13-11-27/h8-9,14,17H,4-7,10-13H2,1-3H3. The number of morpholine rings is 1. The number of rotatable bonds is 4. The maximum absolute atomic E-state index is 14.0. The summed E-state index contributed by atoms with van der Waals surface area (Å²) in [5, 5.41) is 1.01. The molecule has 8 heteroatoms. The van der Waals surface area contributed by atoms with Gasteiger partial charge in [0.15, 0.2) is 5.16 Å². The van der Waals surface area contributed by atoms with E-state index < -0.39 is 0 Å². The summed E-state index contributed by atoms with van der Waals surface area (Å²) in [7, 11) is 0. The second kappa shape index (κ2) is 9.24. The van der Waals surface area contributed by atoms with E-state index in [-0.39, 0.29) is 16.7 Å². The van der Waals surface area contributed by atoms with Crippen molar-refractivity contribution < 1.29 is 9.53 Å². The number of thiophene rings is 1. The van der Waals surface area contributed by atoms with Gasteiger partial charge in [0.1, 0.15) is 4.83 Å². The molecule has 1 amide bonds. The van der Waals surface area contributed by atoms with Gasteiger partial charge in [-0.2, -0.15) is 0 Å². The van der Waals surface area contributed by atoms with Crippen molar-refractivity contribution >= 4 is 39.2 Å². The number of amides is 1. The van der Waals surface area contributed by atoms with Crippen molar-refractivity contribution in [3.05, 3.63) is 50.1 Å². The van der Waals surface area contributed by atoms with Gasteiger partial charge in [-0.25, -0.2) is 4.98 Å². The van der Waals surface area contributed by atoms with Crippen LogP contribution in [0.1, 0.15) is 41.3 Å². The molecule has 0 radical (unpaired) electrons.